The molecule has 8 heteroatoms. The number of hydrogen-bond donors (Lipinski definition) is 1. The number of likely N-dealkylation sites (N-methyl/N-ethyl adjacent to an activating group) is 1. The molecule has 3 rings (SSSR count). The Balaban J connectivity index is 2.09. The topological polar surface area (TPSA) is 81.2 Å². The minimum atomic E-state index is -0.637. The Hall–Kier alpha value is -1.80. The van der Waals surface area contributed by atoms with E-state index >= 15 is 0 Å². The summed E-state index contributed by atoms with van der Waals surface area (Å²) in [4.78, 5) is 48.3. The Morgan fingerprint density at radius 1 is 1.10 bits per heavy atom. The van der Waals surface area contributed by atoms with Gasteiger partial charge in [-0.05, 0) is 57.3 Å². The molecule has 0 aromatic heterocycles. The number of fused-ring (bicyclic) bond motifs is 1. The van der Waals surface area contributed by atoms with Crippen LogP contribution >= 0.6 is 11.8 Å². The van der Waals surface area contributed by atoms with Crippen LogP contribution in [-0.4, -0.2) is 92.4 Å². The van der Waals surface area contributed by atoms with E-state index in [1.807, 2.05) is 9.80 Å². The van der Waals surface area contributed by atoms with E-state index in [-0.39, 0.29) is 40.9 Å². The molecule has 220 valence electrons. The van der Waals surface area contributed by atoms with Crippen LogP contribution in [0.5, 0.6) is 0 Å². The van der Waals surface area contributed by atoms with Crippen molar-refractivity contribution in [2.24, 2.45) is 23.2 Å². The quantitative estimate of drug-likeness (QED) is 0.267. The van der Waals surface area contributed by atoms with Crippen LogP contribution in [0.2, 0.25) is 0 Å². The molecule has 1 spiro atoms. The Kier molecular flexibility index (Phi) is 9.74. The molecule has 0 saturated carbocycles. The molecule has 3 heterocycles. The second-order valence-electron chi connectivity index (χ2n) is 13.7. The lowest BCUT2D eigenvalue weighted by molar-refractivity contribution is -0.147. The molecule has 0 aromatic carbocycles. The van der Waals surface area contributed by atoms with Crippen molar-refractivity contribution in [2.45, 2.75) is 95.2 Å². The molecule has 7 nitrogen and oxygen atoms in total. The summed E-state index contributed by atoms with van der Waals surface area (Å²) < 4.78 is -0.637. The van der Waals surface area contributed by atoms with Crippen molar-refractivity contribution in [3.8, 4) is 0 Å². The molecule has 0 radical (unpaired) electrons. The van der Waals surface area contributed by atoms with Gasteiger partial charge in [-0.25, -0.2) is 0 Å². The summed E-state index contributed by atoms with van der Waals surface area (Å²) in [5, 5.41) is 9.33. The van der Waals surface area contributed by atoms with Crippen molar-refractivity contribution >= 4 is 29.5 Å². The number of unbranched alkanes of at least 4 members (excludes halogenated alkanes) is 2. The first-order chi connectivity index (χ1) is 18.2. The molecular formula is C31H51N3O4S. The smallest absolute Gasteiger partial charge is 0.247 e. The molecule has 3 fully saturated rings. The van der Waals surface area contributed by atoms with Crippen LogP contribution in [0.15, 0.2) is 25.3 Å². The highest BCUT2D eigenvalue weighted by Gasteiger charge is 2.76. The number of carbonyl (C=O) groups excluding carboxylic acids is 3. The number of carbonyl (C=O) groups is 3. The molecule has 3 aliphatic heterocycles. The second-order valence-corrected chi connectivity index (χ2v) is 15.2. The van der Waals surface area contributed by atoms with Crippen molar-refractivity contribution in [3.63, 3.8) is 0 Å². The number of aliphatic hydroxyl groups is 1. The summed E-state index contributed by atoms with van der Waals surface area (Å²) in [6, 6.07) is -0.629. The first-order valence-corrected chi connectivity index (χ1v) is 15.4. The summed E-state index contributed by atoms with van der Waals surface area (Å²) in [6.07, 6.45) is 7.25. The van der Waals surface area contributed by atoms with Crippen molar-refractivity contribution in [1.29, 1.82) is 0 Å². The molecule has 39 heavy (non-hydrogen) atoms. The maximum Gasteiger partial charge on any atom is 0.247 e. The van der Waals surface area contributed by atoms with Gasteiger partial charge in [0.05, 0.1) is 16.6 Å². The van der Waals surface area contributed by atoms with Gasteiger partial charge in [-0.1, -0.05) is 39.8 Å². The van der Waals surface area contributed by atoms with E-state index in [9.17, 15) is 19.5 Å². The molecule has 2 bridgehead atoms. The normalized spacial score (nSPS) is 29.9. The standard InChI is InChI=1S/C31H51N3O4S/c1-10-15-32(9)26(36)23-22-19-21(3)31(39-22)24(23)27(37)33(17-13-12-14-18-35)25(31)28(38)34(16-11-2)30(7,8)20-29(4,5)6/h10-11,21-25,35H,1-2,12-20H2,3-9H3/t21?,22-,23+,24+,25?,31?/m1/s1. The van der Waals surface area contributed by atoms with E-state index < -0.39 is 28.2 Å². The average Bonchev–Trinajstić information content (AvgIpc) is 3.41. The highest BCUT2D eigenvalue weighted by Crippen LogP contribution is 2.69. The van der Waals surface area contributed by atoms with Gasteiger partial charge in [0.25, 0.3) is 0 Å². The van der Waals surface area contributed by atoms with E-state index in [4.69, 9.17) is 0 Å². The van der Waals surface area contributed by atoms with Crippen LogP contribution in [0.4, 0.5) is 0 Å². The number of aliphatic hydroxyl groups excluding tert-OH is 1. The maximum atomic E-state index is 14.8. The van der Waals surface area contributed by atoms with Gasteiger partial charge in [-0.15, -0.1) is 24.9 Å². The molecule has 3 saturated heterocycles. The van der Waals surface area contributed by atoms with Crippen LogP contribution in [0.3, 0.4) is 0 Å². The third kappa shape index (κ3) is 5.83. The minimum absolute atomic E-state index is 0.000599. The Bertz CT molecular complexity index is 960. The summed E-state index contributed by atoms with van der Waals surface area (Å²) in [6.45, 7) is 22.1. The number of rotatable bonds is 13. The van der Waals surface area contributed by atoms with E-state index in [1.54, 1.807) is 35.9 Å². The van der Waals surface area contributed by atoms with Crippen LogP contribution in [0.1, 0.15) is 73.6 Å². The lowest BCUT2D eigenvalue weighted by atomic mass is 9.65. The molecule has 3 unspecified atom stereocenters. The summed E-state index contributed by atoms with van der Waals surface area (Å²) in [5.74, 6) is -0.936. The summed E-state index contributed by atoms with van der Waals surface area (Å²) >= 11 is 1.73. The van der Waals surface area contributed by atoms with Crippen molar-refractivity contribution < 1.29 is 19.5 Å². The van der Waals surface area contributed by atoms with Crippen molar-refractivity contribution in [1.82, 2.24) is 14.7 Å². The van der Waals surface area contributed by atoms with Crippen LogP contribution in [-0.2, 0) is 14.4 Å². The largest absolute Gasteiger partial charge is 0.396 e. The monoisotopic (exact) mass is 561 g/mol. The Morgan fingerprint density at radius 3 is 2.31 bits per heavy atom. The fraction of sp³-hybridized carbons (Fsp3) is 0.774. The van der Waals surface area contributed by atoms with Gasteiger partial charge in [-0.3, -0.25) is 14.4 Å². The van der Waals surface area contributed by atoms with E-state index in [1.165, 1.54) is 0 Å². The molecule has 0 aromatic rings. The first kappa shape index (κ1) is 31.7. The van der Waals surface area contributed by atoms with E-state index in [0.29, 0.717) is 32.5 Å². The van der Waals surface area contributed by atoms with Gasteiger partial charge in [-0.2, -0.15) is 0 Å². The molecule has 1 N–H and O–H groups in total. The average molecular weight is 562 g/mol. The number of likely N-dealkylation sites (tertiary alicyclic amines) is 1. The molecule has 0 aliphatic carbocycles. The SMILES string of the molecule is C=CCN(C)C(=O)[C@@H]1[C@H]2C(=O)N(CCCCCO)C(C(=O)N(CC=C)C(C)(C)CC(C)(C)C)C23S[C@@H]1CC3C. The lowest BCUT2D eigenvalue weighted by Gasteiger charge is -2.47. The van der Waals surface area contributed by atoms with Crippen LogP contribution in [0, 0.1) is 23.2 Å². The number of nitrogens with zero attached hydrogens (tertiary/aromatic N) is 3. The molecule has 6 atom stereocenters. The maximum absolute atomic E-state index is 14.8. The Labute approximate surface area is 240 Å². The van der Waals surface area contributed by atoms with Crippen molar-refractivity contribution in [3.05, 3.63) is 25.3 Å². The number of amides is 3. The van der Waals surface area contributed by atoms with Gasteiger partial charge >= 0.3 is 0 Å². The summed E-state index contributed by atoms with van der Waals surface area (Å²) in [5.41, 5.74) is -0.450. The fourth-order valence-corrected chi connectivity index (χ4v) is 10.1. The first-order valence-electron chi connectivity index (χ1n) is 14.5. The zero-order valence-corrected chi connectivity index (χ0v) is 26.1. The minimum Gasteiger partial charge on any atom is -0.396 e. The lowest BCUT2D eigenvalue weighted by Crippen LogP contribution is -2.61. The van der Waals surface area contributed by atoms with Gasteiger partial charge < -0.3 is 19.8 Å². The zero-order chi connectivity index (χ0) is 29.3. The third-order valence-electron chi connectivity index (χ3n) is 8.87. The predicted molar refractivity (Wildman–Crippen MR) is 159 cm³/mol. The molecular weight excluding hydrogens is 510 g/mol. The van der Waals surface area contributed by atoms with Gasteiger partial charge in [0.2, 0.25) is 17.7 Å². The summed E-state index contributed by atoms with van der Waals surface area (Å²) in [7, 11) is 1.77. The van der Waals surface area contributed by atoms with Crippen molar-refractivity contribution in [2.75, 3.05) is 33.3 Å². The third-order valence-corrected chi connectivity index (χ3v) is 10.9. The second kappa shape index (κ2) is 12.0. The molecule has 3 aliphatic rings. The molecule has 3 amide bonds. The van der Waals surface area contributed by atoms with Crippen LogP contribution < -0.4 is 0 Å². The van der Waals surface area contributed by atoms with Gasteiger partial charge in [0, 0.05) is 44.1 Å². The Morgan fingerprint density at radius 2 is 1.74 bits per heavy atom. The fourth-order valence-electron chi connectivity index (χ4n) is 7.74. The van der Waals surface area contributed by atoms with Gasteiger partial charge in [0.15, 0.2) is 0 Å². The number of hydrogen-bond acceptors (Lipinski definition) is 5. The van der Waals surface area contributed by atoms with E-state index in [2.05, 4.69) is 54.7 Å². The van der Waals surface area contributed by atoms with Gasteiger partial charge in [0.1, 0.15) is 6.04 Å². The highest BCUT2D eigenvalue weighted by atomic mass is 32.2. The number of thioether (sulfide) groups is 1. The predicted octanol–water partition coefficient (Wildman–Crippen LogP) is 4.36. The van der Waals surface area contributed by atoms with E-state index in [0.717, 1.165) is 19.3 Å². The zero-order valence-electron chi connectivity index (χ0n) is 25.2. The highest BCUT2D eigenvalue weighted by molar-refractivity contribution is 8.02. The van der Waals surface area contributed by atoms with Crippen LogP contribution in [0.25, 0.3) is 0 Å².